The van der Waals surface area contributed by atoms with Crippen LogP contribution < -0.4 is 5.32 Å². The molecule has 0 aromatic carbocycles. The lowest BCUT2D eigenvalue weighted by Crippen LogP contribution is -2.54. The Balaban J connectivity index is 2.03. The first kappa shape index (κ1) is 11.0. The summed E-state index contributed by atoms with van der Waals surface area (Å²) in [7, 11) is 0. The summed E-state index contributed by atoms with van der Waals surface area (Å²) in [5, 5.41) is 3.56. The van der Waals surface area contributed by atoms with Crippen molar-refractivity contribution in [2.75, 3.05) is 13.1 Å². The SMILES string of the molecule is CC1CN(C(C)c2cncs2)CC(C)N1. The summed E-state index contributed by atoms with van der Waals surface area (Å²) in [6.07, 6.45) is 1.99. The number of nitrogens with zero attached hydrogens (tertiary/aromatic N) is 2. The first-order chi connectivity index (χ1) is 7.16. The fraction of sp³-hybridized carbons (Fsp3) is 0.727. The van der Waals surface area contributed by atoms with Crippen LogP contribution in [0.3, 0.4) is 0 Å². The number of thiazole rings is 1. The highest BCUT2D eigenvalue weighted by Crippen LogP contribution is 2.24. The van der Waals surface area contributed by atoms with E-state index >= 15 is 0 Å². The Morgan fingerprint density at radius 2 is 2.13 bits per heavy atom. The zero-order valence-electron chi connectivity index (χ0n) is 9.60. The van der Waals surface area contributed by atoms with Gasteiger partial charge in [-0.05, 0) is 20.8 Å². The molecule has 1 aliphatic heterocycles. The number of piperazine rings is 1. The summed E-state index contributed by atoms with van der Waals surface area (Å²) < 4.78 is 0. The Hall–Kier alpha value is -0.450. The molecular weight excluding hydrogens is 206 g/mol. The van der Waals surface area contributed by atoms with Gasteiger partial charge in [0.05, 0.1) is 5.51 Å². The van der Waals surface area contributed by atoms with E-state index in [4.69, 9.17) is 0 Å². The number of aromatic nitrogens is 1. The number of nitrogens with one attached hydrogen (secondary N) is 1. The quantitative estimate of drug-likeness (QED) is 0.833. The third-order valence-electron chi connectivity index (χ3n) is 3.00. The molecule has 0 spiro atoms. The molecule has 1 fully saturated rings. The molecule has 2 heterocycles. The summed E-state index contributed by atoms with van der Waals surface area (Å²) >= 11 is 1.75. The molecule has 1 saturated heterocycles. The smallest absolute Gasteiger partial charge is 0.0794 e. The lowest BCUT2D eigenvalue weighted by atomic mass is 10.1. The van der Waals surface area contributed by atoms with E-state index in [-0.39, 0.29) is 0 Å². The molecule has 3 nitrogen and oxygen atoms in total. The van der Waals surface area contributed by atoms with Crippen molar-refractivity contribution in [1.82, 2.24) is 15.2 Å². The average Bonchev–Trinajstić information content (AvgIpc) is 2.67. The molecular formula is C11H19N3S. The molecule has 0 saturated carbocycles. The molecule has 0 bridgehead atoms. The summed E-state index contributed by atoms with van der Waals surface area (Å²) in [5.41, 5.74) is 1.92. The van der Waals surface area contributed by atoms with E-state index in [0.717, 1.165) is 13.1 Å². The molecule has 3 atom stereocenters. The molecule has 3 unspecified atom stereocenters. The van der Waals surface area contributed by atoms with Crippen molar-refractivity contribution in [2.45, 2.75) is 38.9 Å². The molecule has 1 aliphatic rings. The average molecular weight is 225 g/mol. The third kappa shape index (κ3) is 2.56. The molecule has 4 heteroatoms. The third-order valence-corrected chi connectivity index (χ3v) is 3.94. The van der Waals surface area contributed by atoms with E-state index in [1.165, 1.54) is 4.88 Å². The normalized spacial score (nSPS) is 30.3. The monoisotopic (exact) mass is 225 g/mol. The summed E-state index contributed by atoms with van der Waals surface area (Å²) in [4.78, 5) is 8.06. The van der Waals surface area contributed by atoms with Crippen molar-refractivity contribution in [2.24, 2.45) is 0 Å². The molecule has 84 valence electrons. The highest BCUT2D eigenvalue weighted by atomic mass is 32.1. The first-order valence-corrected chi connectivity index (χ1v) is 6.43. The van der Waals surface area contributed by atoms with Gasteiger partial charge in [0, 0.05) is 42.3 Å². The minimum atomic E-state index is 0.504. The Morgan fingerprint density at radius 3 is 2.67 bits per heavy atom. The van der Waals surface area contributed by atoms with Gasteiger partial charge in [-0.3, -0.25) is 9.88 Å². The predicted octanol–water partition coefficient (Wildman–Crippen LogP) is 1.89. The molecule has 1 N–H and O–H groups in total. The Kier molecular flexibility index (Phi) is 3.38. The van der Waals surface area contributed by atoms with Crippen LogP contribution in [-0.4, -0.2) is 35.1 Å². The predicted molar refractivity (Wildman–Crippen MR) is 64.2 cm³/mol. The van der Waals surface area contributed by atoms with E-state index in [0.29, 0.717) is 18.1 Å². The zero-order chi connectivity index (χ0) is 10.8. The van der Waals surface area contributed by atoms with Crippen molar-refractivity contribution in [3.63, 3.8) is 0 Å². The molecule has 2 rings (SSSR count). The van der Waals surface area contributed by atoms with E-state index in [1.54, 1.807) is 11.3 Å². The standard InChI is InChI=1S/C11H19N3S/c1-8-5-14(6-9(2)13-8)10(3)11-4-12-7-15-11/h4,7-10,13H,5-6H2,1-3H3. The largest absolute Gasteiger partial charge is 0.309 e. The van der Waals surface area contributed by atoms with Gasteiger partial charge < -0.3 is 5.32 Å². The van der Waals surface area contributed by atoms with Gasteiger partial charge in [0.1, 0.15) is 0 Å². The fourth-order valence-electron chi connectivity index (χ4n) is 2.30. The highest BCUT2D eigenvalue weighted by Gasteiger charge is 2.25. The van der Waals surface area contributed by atoms with E-state index in [2.05, 4.69) is 36.0 Å². The van der Waals surface area contributed by atoms with Crippen LogP contribution in [0.4, 0.5) is 0 Å². The van der Waals surface area contributed by atoms with E-state index in [9.17, 15) is 0 Å². The van der Waals surface area contributed by atoms with Crippen molar-refractivity contribution < 1.29 is 0 Å². The molecule has 1 aromatic heterocycles. The van der Waals surface area contributed by atoms with Crippen LogP contribution in [0, 0.1) is 0 Å². The lowest BCUT2D eigenvalue weighted by molar-refractivity contribution is 0.133. The maximum atomic E-state index is 4.15. The van der Waals surface area contributed by atoms with Gasteiger partial charge >= 0.3 is 0 Å². The van der Waals surface area contributed by atoms with Crippen molar-refractivity contribution in [3.8, 4) is 0 Å². The number of hydrogen-bond donors (Lipinski definition) is 1. The van der Waals surface area contributed by atoms with Crippen molar-refractivity contribution >= 4 is 11.3 Å². The minimum Gasteiger partial charge on any atom is -0.309 e. The summed E-state index contributed by atoms with van der Waals surface area (Å²) in [6, 6.07) is 1.68. The topological polar surface area (TPSA) is 28.2 Å². The van der Waals surface area contributed by atoms with Crippen LogP contribution in [0.1, 0.15) is 31.7 Å². The second-order valence-corrected chi connectivity index (χ2v) is 5.42. The fourth-order valence-corrected chi connectivity index (χ4v) is 3.01. The maximum Gasteiger partial charge on any atom is 0.0794 e. The minimum absolute atomic E-state index is 0.504. The van der Waals surface area contributed by atoms with Crippen LogP contribution >= 0.6 is 11.3 Å². The Labute approximate surface area is 95.5 Å². The second-order valence-electron chi connectivity index (χ2n) is 4.50. The summed E-state index contributed by atoms with van der Waals surface area (Å²) in [6.45, 7) is 9.04. The van der Waals surface area contributed by atoms with Crippen LogP contribution in [0.15, 0.2) is 11.7 Å². The maximum absolute atomic E-state index is 4.15. The second kappa shape index (κ2) is 4.60. The van der Waals surface area contributed by atoms with E-state index in [1.807, 2.05) is 11.7 Å². The van der Waals surface area contributed by atoms with E-state index < -0.39 is 0 Å². The lowest BCUT2D eigenvalue weighted by Gasteiger charge is -2.39. The molecule has 15 heavy (non-hydrogen) atoms. The molecule has 0 aliphatic carbocycles. The number of rotatable bonds is 2. The Bertz CT molecular complexity index is 289. The number of hydrogen-bond acceptors (Lipinski definition) is 4. The molecule has 0 radical (unpaired) electrons. The van der Waals surface area contributed by atoms with Gasteiger partial charge in [-0.2, -0.15) is 0 Å². The van der Waals surface area contributed by atoms with Gasteiger partial charge in [-0.25, -0.2) is 0 Å². The van der Waals surface area contributed by atoms with Crippen molar-refractivity contribution in [3.05, 3.63) is 16.6 Å². The summed E-state index contributed by atoms with van der Waals surface area (Å²) in [5.74, 6) is 0. The zero-order valence-corrected chi connectivity index (χ0v) is 10.4. The highest BCUT2D eigenvalue weighted by molar-refractivity contribution is 7.09. The molecule has 0 amide bonds. The first-order valence-electron chi connectivity index (χ1n) is 5.55. The van der Waals surface area contributed by atoms with Crippen LogP contribution in [-0.2, 0) is 0 Å². The van der Waals surface area contributed by atoms with Gasteiger partial charge in [0.25, 0.3) is 0 Å². The van der Waals surface area contributed by atoms with Gasteiger partial charge in [-0.1, -0.05) is 0 Å². The van der Waals surface area contributed by atoms with Crippen LogP contribution in [0.25, 0.3) is 0 Å². The van der Waals surface area contributed by atoms with Gasteiger partial charge in [0.2, 0.25) is 0 Å². The van der Waals surface area contributed by atoms with Crippen LogP contribution in [0.2, 0.25) is 0 Å². The molecule has 1 aromatic rings. The Morgan fingerprint density at radius 1 is 1.47 bits per heavy atom. The van der Waals surface area contributed by atoms with Gasteiger partial charge in [0.15, 0.2) is 0 Å². The van der Waals surface area contributed by atoms with Gasteiger partial charge in [-0.15, -0.1) is 11.3 Å². The van der Waals surface area contributed by atoms with Crippen LogP contribution in [0.5, 0.6) is 0 Å². The van der Waals surface area contributed by atoms with Crippen molar-refractivity contribution in [1.29, 1.82) is 0 Å².